The second-order valence-corrected chi connectivity index (χ2v) is 8.65. The first-order chi connectivity index (χ1) is 13.0. The fourth-order valence-corrected chi connectivity index (χ4v) is 3.00. The third kappa shape index (κ3) is 11.5. The maximum Gasteiger partial charge on any atom is 0.164 e. The molecule has 162 valence electrons. The van der Waals surface area contributed by atoms with Gasteiger partial charge in [0.25, 0.3) is 0 Å². The number of Topliss-reactive ketones (excluding diaryl/α,β-unsaturated/α-hetero) is 2. The maximum absolute atomic E-state index is 12.2. The number of ketones is 2. The Bertz CT molecular complexity index is 493. The van der Waals surface area contributed by atoms with E-state index in [1.54, 1.807) is 0 Å². The zero-order valence-corrected chi connectivity index (χ0v) is 18.4. The van der Waals surface area contributed by atoms with Gasteiger partial charge in [0.15, 0.2) is 11.6 Å². The van der Waals surface area contributed by atoms with Gasteiger partial charge in [0.1, 0.15) is 18.3 Å². The Kier molecular flexibility index (Phi) is 13.2. The van der Waals surface area contributed by atoms with Gasteiger partial charge in [-0.1, -0.05) is 37.1 Å². The lowest BCUT2D eigenvalue weighted by molar-refractivity contribution is -0.147. The minimum Gasteiger partial charge on any atom is -0.387 e. The molecule has 28 heavy (non-hydrogen) atoms. The molecule has 0 aliphatic carbocycles. The van der Waals surface area contributed by atoms with Crippen molar-refractivity contribution in [3.63, 3.8) is 0 Å². The third-order valence-electron chi connectivity index (χ3n) is 4.83. The first kappa shape index (κ1) is 26.7. The second-order valence-electron chi connectivity index (χ2n) is 8.65. The molecular weight excluding hydrogens is 356 g/mol. The van der Waals surface area contributed by atoms with Gasteiger partial charge in [-0.2, -0.15) is 0 Å². The van der Waals surface area contributed by atoms with Crippen molar-refractivity contribution in [2.75, 3.05) is 0 Å². The molecule has 3 N–H and O–H groups in total. The summed E-state index contributed by atoms with van der Waals surface area (Å²) in [6.07, 6.45) is 2.41. The van der Waals surface area contributed by atoms with Crippen LogP contribution in [0.5, 0.6) is 0 Å². The van der Waals surface area contributed by atoms with E-state index >= 15 is 0 Å². The fraction of sp³-hybridized carbons (Fsp3) is 0.739. The Balaban J connectivity index is 4.51. The van der Waals surface area contributed by atoms with Crippen molar-refractivity contribution in [2.45, 2.75) is 98.4 Å². The summed E-state index contributed by atoms with van der Waals surface area (Å²) < 4.78 is 0. The van der Waals surface area contributed by atoms with Gasteiger partial charge in [-0.25, -0.2) is 0 Å². The van der Waals surface area contributed by atoms with E-state index in [1.165, 1.54) is 11.1 Å². The van der Waals surface area contributed by atoms with Crippen LogP contribution in [0.2, 0.25) is 0 Å². The van der Waals surface area contributed by atoms with Crippen molar-refractivity contribution in [1.29, 1.82) is 0 Å². The number of carbonyl (C=O) groups is 2. The van der Waals surface area contributed by atoms with Crippen molar-refractivity contribution in [3.8, 4) is 0 Å². The first-order valence-corrected chi connectivity index (χ1v) is 10.3. The molecule has 0 saturated heterocycles. The van der Waals surface area contributed by atoms with E-state index in [1.807, 2.05) is 41.5 Å². The van der Waals surface area contributed by atoms with Gasteiger partial charge >= 0.3 is 0 Å². The predicted molar refractivity (Wildman–Crippen MR) is 113 cm³/mol. The number of allylic oxidation sites excluding steroid dienone is 4. The summed E-state index contributed by atoms with van der Waals surface area (Å²) in [5.74, 6) is -0.984. The average molecular weight is 397 g/mol. The number of hydrogen-bond acceptors (Lipinski definition) is 5. The molecule has 0 aromatic rings. The molecule has 0 radical (unpaired) electrons. The van der Waals surface area contributed by atoms with Crippen LogP contribution in [0.3, 0.4) is 0 Å². The summed E-state index contributed by atoms with van der Waals surface area (Å²) in [5.41, 5.74) is 2.43. The number of carbonyl (C=O) groups excluding carboxylic acids is 2. The highest BCUT2D eigenvalue weighted by molar-refractivity contribution is 5.87. The number of rotatable bonds is 14. The lowest BCUT2D eigenvalue weighted by Gasteiger charge is -2.23. The van der Waals surface area contributed by atoms with Crippen molar-refractivity contribution in [1.82, 2.24) is 0 Å². The Morgan fingerprint density at radius 1 is 0.714 bits per heavy atom. The molecule has 0 heterocycles. The average Bonchev–Trinajstić information content (AvgIpc) is 2.58. The van der Waals surface area contributed by atoms with Gasteiger partial charge in [-0.3, -0.25) is 9.59 Å². The van der Waals surface area contributed by atoms with Gasteiger partial charge in [0.05, 0.1) is 0 Å². The minimum atomic E-state index is -1.78. The van der Waals surface area contributed by atoms with E-state index < -0.39 is 29.9 Å². The molecule has 0 aromatic carbocycles. The van der Waals surface area contributed by atoms with Crippen molar-refractivity contribution in [2.24, 2.45) is 11.8 Å². The molecule has 5 heteroatoms. The molecule has 0 fully saturated rings. The molecule has 0 spiro atoms. The third-order valence-corrected chi connectivity index (χ3v) is 4.83. The SMILES string of the molecule is CC(C)=CCCC(C)CC(=O)C(O)C(O)C(O)C(=O)CC(C)CCC=C(C)C. The van der Waals surface area contributed by atoms with Gasteiger partial charge in [-0.05, 0) is 65.2 Å². The summed E-state index contributed by atoms with van der Waals surface area (Å²) in [4.78, 5) is 24.4. The molecule has 0 rings (SSSR count). The molecule has 4 unspecified atom stereocenters. The van der Waals surface area contributed by atoms with Gasteiger partial charge in [0.2, 0.25) is 0 Å². The summed E-state index contributed by atoms with van der Waals surface area (Å²) in [5, 5.41) is 30.2. The van der Waals surface area contributed by atoms with E-state index in [9.17, 15) is 24.9 Å². The Hall–Kier alpha value is -1.30. The van der Waals surface area contributed by atoms with Crippen molar-refractivity contribution in [3.05, 3.63) is 23.3 Å². The Morgan fingerprint density at radius 3 is 1.32 bits per heavy atom. The molecular formula is C23H40O5. The van der Waals surface area contributed by atoms with Crippen molar-refractivity contribution < 1.29 is 24.9 Å². The highest BCUT2D eigenvalue weighted by Crippen LogP contribution is 2.18. The summed E-state index contributed by atoms with van der Waals surface area (Å²) in [6, 6.07) is 0. The lowest BCUT2D eigenvalue weighted by Crippen LogP contribution is -2.46. The van der Waals surface area contributed by atoms with Crippen LogP contribution in [0.4, 0.5) is 0 Å². The van der Waals surface area contributed by atoms with Crippen molar-refractivity contribution >= 4 is 11.6 Å². The quantitative estimate of drug-likeness (QED) is 0.389. The molecule has 0 aliphatic heterocycles. The van der Waals surface area contributed by atoms with E-state index in [2.05, 4.69) is 12.2 Å². The number of aliphatic hydroxyl groups excluding tert-OH is 3. The van der Waals surface area contributed by atoms with Crippen LogP contribution in [0.25, 0.3) is 0 Å². The summed E-state index contributed by atoms with van der Waals surface area (Å²) >= 11 is 0. The van der Waals surface area contributed by atoms with Gasteiger partial charge < -0.3 is 15.3 Å². The highest BCUT2D eigenvalue weighted by Gasteiger charge is 2.34. The zero-order valence-electron chi connectivity index (χ0n) is 18.4. The molecule has 0 bridgehead atoms. The standard InChI is InChI=1S/C23H40O5/c1-15(2)9-7-11-17(5)13-19(24)21(26)23(28)22(27)20(25)14-18(6)12-8-10-16(3)4/h9-10,17-18,21-23,26-28H,7-8,11-14H2,1-6H3. The zero-order chi connectivity index (χ0) is 21.9. The normalized spacial score (nSPS) is 16.5. The molecule has 0 aromatic heterocycles. The Morgan fingerprint density at radius 2 is 1.04 bits per heavy atom. The van der Waals surface area contributed by atoms with E-state index in [-0.39, 0.29) is 24.7 Å². The van der Waals surface area contributed by atoms with Gasteiger partial charge in [-0.15, -0.1) is 0 Å². The first-order valence-electron chi connectivity index (χ1n) is 10.3. The second kappa shape index (κ2) is 13.8. The predicted octanol–water partition coefficient (Wildman–Crippen LogP) is 3.75. The van der Waals surface area contributed by atoms with Gasteiger partial charge in [0, 0.05) is 12.8 Å². The van der Waals surface area contributed by atoms with Crippen LogP contribution in [-0.2, 0) is 9.59 Å². The monoisotopic (exact) mass is 396 g/mol. The van der Waals surface area contributed by atoms with Crippen LogP contribution >= 0.6 is 0 Å². The van der Waals surface area contributed by atoms with E-state index in [0.717, 1.165) is 25.7 Å². The van der Waals surface area contributed by atoms with E-state index in [4.69, 9.17) is 0 Å². The van der Waals surface area contributed by atoms with Crippen LogP contribution in [0.15, 0.2) is 23.3 Å². The van der Waals surface area contributed by atoms with Crippen LogP contribution in [0.1, 0.15) is 80.1 Å². The maximum atomic E-state index is 12.2. The molecule has 5 nitrogen and oxygen atoms in total. The Labute approximate surface area is 170 Å². The number of hydrogen-bond donors (Lipinski definition) is 3. The molecule has 0 aliphatic rings. The van der Waals surface area contributed by atoms with Crippen LogP contribution in [-0.4, -0.2) is 45.2 Å². The summed E-state index contributed by atoms with van der Waals surface area (Å²) in [7, 11) is 0. The fourth-order valence-electron chi connectivity index (χ4n) is 3.00. The topological polar surface area (TPSA) is 94.8 Å². The van der Waals surface area contributed by atoms with Crippen LogP contribution in [0, 0.1) is 11.8 Å². The molecule has 4 atom stereocenters. The lowest BCUT2D eigenvalue weighted by atomic mass is 9.90. The largest absolute Gasteiger partial charge is 0.387 e. The van der Waals surface area contributed by atoms with Crippen LogP contribution < -0.4 is 0 Å². The highest BCUT2D eigenvalue weighted by atomic mass is 16.4. The minimum absolute atomic E-state index is 0.0490. The number of aliphatic hydroxyl groups is 3. The molecule has 0 amide bonds. The van der Waals surface area contributed by atoms with E-state index in [0.29, 0.717) is 0 Å². The molecule has 0 saturated carbocycles. The smallest absolute Gasteiger partial charge is 0.164 e. The summed E-state index contributed by atoms with van der Waals surface area (Å²) in [6.45, 7) is 11.9.